The van der Waals surface area contributed by atoms with Gasteiger partial charge in [0, 0.05) is 32.8 Å². The molecule has 2 heterocycles. The van der Waals surface area contributed by atoms with Crippen molar-refractivity contribution in [2.24, 2.45) is 18.9 Å². The smallest absolute Gasteiger partial charge is 0.309 e. The third kappa shape index (κ3) is 4.36. The molecule has 0 spiro atoms. The van der Waals surface area contributed by atoms with Crippen LogP contribution in [0.4, 0.5) is 0 Å². The third-order valence-corrected chi connectivity index (χ3v) is 5.74. The molecule has 0 bridgehead atoms. The molecular formula is C20H30N4O4. The van der Waals surface area contributed by atoms with Crippen molar-refractivity contribution in [2.75, 3.05) is 19.7 Å². The van der Waals surface area contributed by atoms with Crippen molar-refractivity contribution in [1.82, 2.24) is 19.6 Å². The van der Waals surface area contributed by atoms with Gasteiger partial charge in [0.25, 0.3) is 0 Å². The van der Waals surface area contributed by atoms with E-state index in [-0.39, 0.29) is 29.6 Å². The number of esters is 1. The molecule has 0 N–H and O–H groups in total. The zero-order valence-corrected chi connectivity index (χ0v) is 17.2. The van der Waals surface area contributed by atoms with E-state index in [2.05, 4.69) is 5.10 Å². The van der Waals surface area contributed by atoms with Crippen molar-refractivity contribution >= 4 is 17.8 Å². The summed E-state index contributed by atoms with van der Waals surface area (Å²) in [7, 11) is 1.87. The van der Waals surface area contributed by atoms with Crippen LogP contribution < -0.4 is 0 Å². The fourth-order valence-electron chi connectivity index (χ4n) is 4.02. The number of likely N-dealkylation sites (tertiary alicyclic amines) is 1. The standard InChI is InChI=1S/C20H30N4O4/c1-5-28-20(27)17-10-15(17)11-23(12-16-9-13(2)22(4)21-16)19(26)18-7-6-8-24(18)14(3)25/h9,15,17-18H,5-8,10-12H2,1-4H3/t15-,17-,18-/m0/s1. The third-order valence-electron chi connectivity index (χ3n) is 5.74. The molecule has 0 unspecified atom stereocenters. The van der Waals surface area contributed by atoms with Crippen LogP contribution in [0, 0.1) is 18.8 Å². The summed E-state index contributed by atoms with van der Waals surface area (Å²) in [4.78, 5) is 40.6. The minimum atomic E-state index is -0.415. The molecule has 1 aliphatic carbocycles. The number of carbonyl (C=O) groups is 3. The first-order valence-corrected chi connectivity index (χ1v) is 10.0. The lowest BCUT2D eigenvalue weighted by Crippen LogP contribution is -2.47. The van der Waals surface area contributed by atoms with E-state index in [1.54, 1.807) is 21.4 Å². The predicted molar refractivity (Wildman–Crippen MR) is 102 cm³/mol. The Morgan fingerprint density at radius 2 is 2.11 bits per heavy atom. The average molecular weight is 390 g/mol. The van der Waals surface area contributed by atoms with Gasteiger partial charge in [0.15, 0.2) is 0 Å². The SMILES string of the molecule is CCOC(=O)[C@H]1C[C@H]1CN(Cc1cc(C)n(C)n1)C(=O)[C@@H]1CCCN1C(C)=O. The first kappa shape index (κ1) is 20.4. The topological polar surface area (TPSA) is 84.7 Å². The summed E-state index contributed by atoms with van der Waals surface area (Å²) in [5.74, 6) is -0.321. The Labute approximate surface area is 165 Å². The van der Waals surface area contributed by atoms with Gasteiger partial charge >= 0.3 is 5.97 Å². The molecule has 1 aromatic heterocycles. The fourth-order valence-corrected chi connectivity index (χ4v) is 4.02. The van der Waals surface area contributed by atoms with Crippen molar-refractivity contribution in [3.05, 3.63) is 17.5 Å². The number of hydrogen-bond acceptors (Lipinski definition) is 5. The second kappa shape index (κ2) is 8.32. The van der Waals surface area contributed by atoms with Crippen LogP contribution in [-0.4, -0.2) is 63.1 Å². The van der Waals surface area contributed by atoms with Gasteiger partial charge in [-0.25, -0.2) is 0 Å². The second-order valence-corrected chi connectivity index (χ2v) is 7.84. The van der Waals surface area contributed by atoms with Crippen molar-refractivity contribution in [2.45, 2.75) is 52.6 Å². The summed E-state index contributed by atoms with van der Waals surface area (Å²) >= 11 is 0. The van der Waals surface area contributed by atoms with Crippen molar-refractivity contribution in [1.29, 1.82) is 0 Å². The Hall–Kier alpha value is -2.38. The maximum absolute atomic E-state index is 13.3. The van der Waals surface area contributed by atoms with Gasteiger partial charge in [-0.05, 0) is 45.1 Å². The average Bonchev–Trinajstić information content (AvgIpc) is 3.08. The van der Waals surface area contributed by atoms with E-state index in [1.807, 2.05) is 20.0 Å². The molecule has 1 saturated heterocycles. The minimum Gasteiger partial charge on any atom is -0.466 e. The van der Waals surface area contributed by atoms with Gasteiger partial charge in [0.2, 0.25) is 11.8 Å². The van der Waals surface area contributed by atoms with Crippen LogP contribution in [-0.2, 0) is 32.7 Å². The minimum absolute atomic E-state index is 0.0504. The summed E-state index contributed by atoms with van der Waals surface area (Å²) in [6.45, 7) is 7.13. The molecule has 0 radical (unpaired) electrons. The Bertz CT molecular complexity index is 740. The first-order valence-electron chi connectivity index (χ1n) is 10.0. The number of hydrogen-bond donors (Lipinski definition) is 0. The van der Waals surface area contributed by atoms with Crippen molar-refractivity contribution in [3.8, 4) is 0 Å². The van der Waals surface area contributed by atoms with Gasteiger partial charge in [0.1, 0.15) is 6.04 Å². The molecule has 1 saturated carbocycles. The number of aromatic nitrogens is 2. The molecule has 1 aliphatic heterocycles. The van der Waals surface area contributed by atoms with Gasteiger partial charge in [-0.1, -0.05) is 0 Å². The van der Waals surface area contributed by atoms with Gasteiger partial charge in [-0.2, -0.15) is 5.10 Å². The lowest BCUT2D eigenvalue weighted by molar-refractivity contribution is -0.146. The summed E-state index contributed by atoms with van der Waals surface area (Å²) in [5.41, 5.74) is 1.83. The highest BCUT2D eigenvalue weighted by Crippen LogP contribution is 2.40. The summed E-state index contributed by atoms with van der Waals surface area (Å²) < 4.78 is 6.90. The Kier molecular flexibility index (Phi) is 6.05. The highest BCUT2D eigenvalue weighted by molar-refractivity contribution is 5.87. The molecule has 154 valence electrons. The Morgan fingerprint density at radius 3 is 2.71 bits per heavy atom. The van der Waals surface area contributed by atoms with E-state index in [1.165, 1.54) is 6.92 Å². The molecule has 8 nitrogen and oxygen atoms in total. The van der Waals surface area contributed by atoms with Gasteiger partial charge in [-0.3, -0.25) is 19.1 Å². The van der Waals surface area contributed by atoms with E-state index in [0.29, 0.717) is 32.7 Å². The van der Waals surface area contributed by atoms with Crippen LogP contribution >= 0.6 is 0 Å². The maximum Gasteiger partial charge on any atom is 0.309 e. The van der Waals surface area contributed by atoms with Crippen LogP contribution in [0.3, 0.4) is 0 Å². The van der Waals surface area contributed by atoms with Crippen LogP contribution in [0.25, 0.3) is 0 Å². The van der Waals surface area contributed by atoms with Crippen molar-refractivity contribution in [3.63, 3.8) is 0 Å². The predicted octanol–water partition coefficient (Wildman–Crippen LogP) is 1.27. The van der Waals surface area contributed by atoms with E-state index in [4.69, 9.17) is 4.74 Å². The van der Waals surface area contributed by atoms with E-state index >= 15 is 0 Å². The second-order valence-electron chi connectivity index (χ2n) is 7.84. The van der Waals surface area contributed by atoms with E-state index in [9.17, 15) is 14.4 Å². The molecule has 3 rings (SSSR count). The monoisotopic (exact) mass is 390 g/mol. The van der Waals surface area contributed by atoms with Crippen LogP contribution in [0.5, 0.6) is 0 Å². The molecule has 0 aromatic carbocycles. The lowest BCUT2D eigenvalue weighted by Gasteiger charge is -2.29. The van der Waals surface area contributed by atoms with E-state index in [0.717, 1.165) is 24.2 Å². The molecule has 2 fully saturated rings. The maximum atomic E-state index is 13.3. The summed E-state index contributed by atoms with van der Waals surface area (Å²) in [6, 6.07) is 1.55. The normalized spacial score (nSPS) is 23.6. The van der Waals surface area contributed by atoms with Crippen LogP contribution in [0.1, 0.15) is 44.5 Å². The number of nitrogens with zero attached hydrogens (tertiary/aromatic N) is 4. The van der Waals surface area contributed by atoms with Crippen molar-refractivity contribution < 1.29 is 19.1 Å². The van der Waals surface area contributed by atoms with Crippen LogP contribution in [0.2, 0.25) is 0 Å². The van der Waals surface area contributed by atoms with Gasteiger partial charge < -0.3 is 14.5 Å². The Morgan fingerprint density at radius 1 is 1.36 bits per heavy atom. The number of ether oxygens (including phenoxy) is 1. The Balaban J connectivity index is 1.73. The number of aryl methyl sites for hydroxylation is 2. The number of amides is 2. The van der Waals surface area contributed by atoms with E-state index < -0.39 is 6.04 Å². The fraction of sp³-hybridized carbons (Fsp3) is 0.700. The number of carbonyl (C=O) groups excluding carboxylic acids is 3. The van der Waals surface area contributed by atoms with Crippen LogP contribution in [0.15, 0.2) is 6.07 Å². The largest absolute Gasteiger partial charge is 0.466 e. The molecule has 2 amide bonds. The molecule has 28 heavy (non-hydrogen) atoms. The van der Waals surface area contributed by atoms with Gasteiger partial charge in [-0.15, -0.1) is 0 Å². The molecule has 1 aromatic rings. The summed E-state index contributed by atoms with van der Waals surface area (Å²) in [6.07, 6.45) is 2.26. The molecular weight excluding hydrogens is 360 g/mol. The van der Waals surface area contributed by atoms with Gasteiger partial charge in [0.05, 0.1) is 24.8 Å². The highest BCUT2D eigenvalue weighted by atomic mass is 16.5. The quantitative estimate of drug-likeness (QED) is 0.655. The number of rotatable bonds is 7. The first-order chi connectivity index (χ1) is 13.3. The molecule has 3 atom stereocenters. The zero-order chi connectivity index (χ0) is 20.4. The molecule has 2 aliphatic rings. The highest BCUT2D eigenvalue weighted by Gasteiger charge is 2.46. The summed E-state index contributed by atoms with van der Waals surface area (Å²) in [5, 5.41) is 4.48. The zero-order valence-electron chi connectivity index (χ0n) is 17.2. The lowest BCUT2D eigenvalue weighted by atomic mass is 10.1. The molecule has 8 heteroatoms.